The number of aromatic nitrogens is 1. The highest BCUT2D eigenvalue weighted by molar-refractivity contribution is 5.64. The number of benzene rings is 2. The third-order valence-corrected chi connectivity index (χ3v) is 5.46. The van der Waals surface area contributed by atoms with E-state index in [4.69, 9.17) is 19.2 Å². The van der Waals surface area contributed by atoms with Crippen LogP contribution in [-0.2, 0) is 17.8 Å². The summed E-state index contributed by atoms with van der Waals surface area (Å²) in [5, 5.41) is 0. The molecule has 4 nitrogen and oxygen atoms in total. The Labute approximate surface area is 185 Å². The number of aryl methyl sites for hydroxylation is 1. The molecule has 1 heterocycles. The standard InChI is InChI=1S/C27H31NO3/c1-18(2)27-25(31-17-29-6)13-12-23(28-27)15-24-19(3)14-26(21(5)20(24)4)30-16-22-10-8-7-9-11-22/h7-14H,1,15-17H2,2-6H3. The average molecular weight is 418 g/mol. The zero-order valence-corrected chi connectivity index (χ0v) is 19.1. The molecule has 0 aliphatic heterocycles. The first-order chi connectivity index (χ1) is 14.9. The van der Waals surface area contributed by atoms with Crippen LogP contribution in [0.25, 0.3) is 5.57 Å². The first kappa shape index (κ1) is 22.6. The van der Waals surface area contributed by atoms with Crippen LogP contribution in [0, 0.1) is 20.8 Å². The molecule has 0 spiro atoms. The van der Waals surface area contributed by atoms with Crippen LogP contribution in [0.1, 0.15) is 46.1 Å². The van der Waals surface area contributed by atoms with Gasteiger partial charge in [-0.3, -0.25) is 0 Å². The minimum atomic E-state index is 0.184. The predicted molar refractivity (Wildman–Crippen MR) is 126 cm³/mol. The summed E-state index contributed by atoms with van der Waals surface area (Å²) >= 11 is 0. The summed E-state index contributed by atoms with van der Waals surface area (Å²) in [6, 6.07) is 16.3. The molecule has 0 N–H and O–H groups in total. The van der Waals surface area contributed by atoms with E-state index in [-0.39, 0.29) is 6.79 Å². The lowest BCUT2D eigenvalue weighted by atomic mass is 9.93. The number of ether oxygens (including phenoxy) is 3. The fraction of sp³-hybridized carbons (Fsp3) is 0.296. The fourth-order valence-corrected chi connectivity index (χ4v) is 3.57. The maximum atomic E-state index is 6.14. The molecule has 0 fully saturated rings. The molecular formula is C27H31NO3. The van der Waals surface area contributed by atoms with Crippen molar-refractivity contribution in [2.24, 2.45) is 0 Å². The lowest BCUT2D eigenvalue weighted by molar-refractivity contribution is 0.0506. The molecular weight excluding hydrogens is 386 g/mol. The Morgan fingerprint density at radius 2 is 1.68 bits per heavy atom. The van der Waals surface area contributed by atoms with Crippen molar-refractivity contribution in [3.05, 3.63) is 94.3 Å². The van der Waals surface area contributed by atoms with Crippen molar-refractivity contribution in [1.82, 2.24) is 4.98 Å². The Hall–Kier alpha value is -3.11. The molecule has 0 bridgehead atoms. The summed E-state index contributed by atoms with van der Waals surface area (Å²) < 4.78 is 16.8. The molecule has 3 rings (SSSR count). The minimum absolute atomic E-state index is 0.184. The third kappa shape index (κ3) is 5.53. The molecule has 4 heteroatoms. The molecule has 162 valence electrons. The number of pyridine rings is 1. The van der Waals surface area contributed by atoms with Crippen molar-refractivity contribution in [2.75, 3.05) is 13.9 Å². The minimum Gasteiger partial charge on any atom is -0.489 e. The van der Waals surface area contributed by atoms with Gasteiger partial charge in [-0.2, -0.15) is 0 Å². The van der Waals surface area contributed by atoms with Gasteiger partial charge in [0.2, 0.25) is 0 Å². The largest absolute Gasteiger partial charge is 0.489 e. The van der Waals surface area contributed by atoms with Crippen LogP contribution < -0.4 is 9.47 Å². The molecule has 0 saturated heterocycles. The highest BCUT2D eigenvalue weighted by atomic mass is 16.7. The maximum Gasteiger partial charge on any atom is 0.188 e. The van der Waals surface area contributed by atoms with Crippen LogP contribution >= 0.6 is 0 Å². The van der Waals surface area contributed by atoms with Crippen LogP contribution in [0.2, 0.25) is 0 Å². The molecule has 2 aromatic carbocycles. The van der Waals surface area contributed by atoms with Crippen LogP contribution in [-0.4, -0.2) is 18.9 Å². The van der Waals surface area contributed by atoms with Crippen LogP contribution in [0.3, 0.4) is 0 Å². The van der Waals surface area contributed by atoms with Gasteiger partial charge in [-0.15, -0.1) is 0 Å². The quantitative estimate of drug-likeness (QED) is 0.389. The fourth-order valence-electron chi connectivity index (χ4n) is 3.57. The van der Waals surface area contributed by atoms with Gasteiger partial charge in [-0.25, -0.2) is 4.98 Å². The highest BCUT2D eigenvalue weighted by Gasteiger charge is 2.14. The Bertz CT molecular complexity index is 1060. The Morgan fingerprint density at radius 1 is 0.935 bits per heavy atom. The normalized spacial score (nSPS) is 10.7. The second-order valence-corrected chi connectivity index (χ2v) is 7.85. The first-order valence-corrected chi connectivity index (χ1v) is 10.4. The van der Waals surface area contributed by atoms with Gasteiger partial charge in [-0.05, 0) is 79.3 Å². The molecule has 0 aliphatic rings. The molecule has 0 aliphatic carbocycles. The van der Waals surface area contributed by atoms with Gasteiger partial charge in [0, 0.05) is 19.2 Å². The van der Waals surface area contributed by atoms with E-state index in [1.54, 1.807) is 7.11 Å². The molecule has 0 unspecified atom stereocenters. The van der Waals surface area contributed by atoms with Gasteiger partial charge in [0.1, 0.15) is 23.8 Å². The zero-order chi connectivity index (χ0) is 22.4. The van der Waals surface area contributed by atoms with E-state index in [9.17, 15) is 0 Å². The van der Waals surface area contributed by atoms with Crippen molar-refractivity contribution in [3.63, 3.8) is 0 Å². The second kappa shape index (κ2) is 10.3. The van der Waals surface area contributed by atoms with Crippen LogP contribution in [0.5, 0.6) is 11.5 Å². The van der Waals surface area contributed by atoms with Crippen molar-refractivity contribution >= 4 is 5.57 Å². The summed E-state index contributed by atoms with van der Waals surface area (Å²) in [4.78, 5) is 4.82. The predicted octanol–water partition coefficient (Wildman–Crippen LogP) is 6.19. The summed E-state index contributed by atoms with van der Waals surface area (Å²) in [6.45, 7) is 13.1. The average Bonchev–Trinajstić information content (AvgIpc) is 2.77. The maximum absolute atomic E-state index is 6.14. The van der Waals surface area contributed by atoms with E-state index in [2.05, 4.69) is 45.5 Å². The number of rotatable bonds is 9. The molecule has 0 atom stereocenters. The van der Waals surface area contributed by atoms with Gasteiger partial charge in [-0.1, -0.05) is 36.9 Å². The third-order valence-electron chi connectivity index (χ3n) is 5.46. The summed E-state index contributed by atoms with van der Waals surface area (Å²) in [5.41, 5.74) is 8.64. The van der Waals surface area contributed by atoms with E-state index in [0.717, 1.165) is 40.3 Å². The smallest absolute Gasteiger partial charge is 0.188 e. The first-order valence-electron chi connectivity index (χ1n) is 10.4. The van der Waals surface area contributed by atoms with Gasteiger partial charge in [0.25, 0.3) is 0 Å². The van der Waals surface area contributed by atoms with Crippen molar-refractivity contribution < 1.29 is 14.2 Å². The molecule has 3 aromatic rings. The Morgan fingerprint density at radius 3 is 2.35 bits per heavy atom. The molecule has 0 amide bonds. The van der Waals surface area contributed by atoms with Gasteiger partial charge < -0.3 is 14.2 Å². The molecule has 31 heavy (non-hydrogen) atoms. The van der Waals surface area contributed by atoms with Gasteiger partial charge >= 0.3 is 0 Å². The van der Waals surface area contributed by atoms with Crippen molar-refractivity contribution in [3.8, 4) is 11.5 Å². The van der Waals surface area contributed by atoms with Crippen molar-refractivity contribution in [2.45, 2.75) is 40.7 Å². The number of nitrogens with zero attached hydrogens (tertiary/aromatic N) is 1. The summed E-state index contributed by atoms with van der Waals surface area (Å²) in [7, 11) is 1.60. The number of methoxy groups -OCH3 is 1. The van der Waals surface area contributed by atoms with E-state index in [0.29, 0.717) is 12.4 Å². The SMILES string of the molecule is C=C(C)c1nc(Cc2c(C)cc(OCc3ccccc3)c(C)c2C)ccc1OCOC. The Kier molecular flexibility index (Phi) is 7.48. The van der Waals surface area contributed by atoms with Gasteiger partial charge in [0.05, 0.1) is 0 Å². The summed E-state index contributed by atoms with van der Waals surface area (Å²) in [5.74, 6) is 1.62. The topological polar surface area (TPSA) is 40.6 Å². The molecule has 1 aromatic heterocycles. The Balaban J connectivity index is 1.84. The van der Waals surface area contributed by atoms with E-state index in [1.165, 1.54) is 16.7 Å². The zero-order valence-electron chi connectivity index (χ0n) is 19.1. The molecule has 0 saturated carbocycles. The summed E-state index contributed by atoms with van der Waals surface area (Å²) in [6.07, 6.45) is 0.738. The van der Waals surface area contributed by atoms with E-state index in [1.807, 2.05) is 37.3 Å². The van der Waals surface area contributed by atoms with Crippen molar-refractivity contribution in [1.29, 1.82) is 0 Å². The number of hydrogen-bond donors (Lipinski definition) is 0. The lowest BCUT2D eigenvalue weighted by Crippen LogP contribution is -2.06. The number of allylic oxidation sites excluding steroid dienone is 1. The van der Waals surface area contributed by atoms with Crippen LogP contribution in [0.4, 0.5) is 0 Å². The number of hydrogen-bond acceptors (Lipinski definition) is 4. The van der Waals surface area contributed by atoms with Gasteiger partial charge in [0.15, 0.2) is 6.79 Å². The lowest BCUT2D eigenvalue weighted by Gasteiger charge is -2.18. The molecule has 0 radical (unpaired) electrons. The van der Waals surface area contributed by atoms with E-state index >= 15 is 0 Å². The second-order valence-electron chi connectivity index (χ2n) is 7.85. The van der Waals surface area contributed by atoms with E-state index < -0.39 is 0 Å². The van der Waals surface area contributed by atoms with Crippen LogP contribution in [0.15, 0.2) is 55.1 Å². The highest BCUT2D eigenvalue weighted by Crippen LogP contribution is 2.31. The monoisotopic (exact) mass is 417 g/mol.